The Morgan fingerprint density at radius 2 is 1.83 bits per heavy atom. The van der Waals surface area contributed by atoms with Crippen LogP contribution >= 0.6 is 0 Å². The summed E-state index contributed by atoms with van der Waals surface area (Å²) in [5.41, 5.74) is 6.67. The van der Waals surface area contributed by atoms with Gasteiger partial charge in [-0.2, -0.15) is 0 Å². The molecule has 0 aliphatic rings. The molecule has 0 aromatic heterocycles. The first-order valence-corrected chi connectivity index (χ1v) is 7.86. The fourth-order valence-electron chi connectivity index (χ4n) is 1.98. The van der Waals surface area contributed by atoms with Crippen molar-refractivity contribution in [3.05, 3.63) is 54.6 Å². The average Bonchev–Trinajstić information content (AvgIpc) is 2.59. The Balaban J connectivity index is 1.82. The molecule has 2 rings (SSSR count). The van der Waals surface area contributed by atoms with E-state index in [0.29, 0.717) is 25.7 Å². The van der Waals surface area contributed by atoms with E-state index >= 15 is 0 Å². The van der Waals surface area contributed by atoms with Gasteiger partial charge < -0.3 is 25.6 Å². The molecule has 0 aliphatic heterocycles. The second kappa shape index (κ2) is 10.3. The number of anilines is 1. The first kappa shape index (κ1) is 17.8. The van der Waals surface area contributed by atoms with Gasteiger partial charge in [0.05, 0.1) is 13.2 Å². The quantitative estimate of drug-likeness (QED) is 0.374. The number of aliphatic hydroxyl groups is 1. The normalized spacial score (nSPS) is 11.3. The van der Waals surface area contributed by atoms with Crippen LogP contribution in [0.2, 0.25) is 0 Å². The van der Waals surface area contributed by atoms with E-state index in [1.54, 1.807) is 0 Å². The number of hydrogen-bond donors (Lipinski definition) is 3. The zero-order chi connectivity index (χ0) is 17.0. The lowest BCUT2D eigenvalue weighted by molar-refractivity contribution is 0.0918. The molecular weight excluding hydrogens is 306 g/mol. The van der Waals surface area contributed by atoms with Gasteiger partial charge in [0, 0.05) is 24.9 Å². The van der Waals surface area contributed by atoms with Crippen molar-refractivity contribution in [2.75, 3.05) is 31.7 Å². The molecule has 128 valence electrons. The highest BCUT2D eigenvalue weighted by Crippen LogP contribution is 2.23. The van der Waals surface area contributed by atoms with Gasteiger partial charge in [0.1, 0.15) is 11.5 Å². The topological polar surface area (TPSA) is 89.1 Å². The molecule has 0 saturated heterocycles. The standard InChI is InChI=1S/C18H23N3O3/c19-18(20-10-5-12-23-13-11-22)21-15-6-4-9-17(14-15)24-16-7-2-1-3-8-16/h1-4,6-9,14,22H,5,10-13H2,(H3,19,20,21). The van der Waals surface area contributed by atoms with Crippen LogP contribution in [0.25, 0.3) is 0 Å². The van der Waals surface area contributed by atoms with E-state index in [9.17, 15) is 0 Å². The van der Waals surface area contributed by atoms with Gasteiger partial charge in [0.25, 0.3) is 0 Å². The Morgan fingerprint density at radius 1 is 1.04 bits per heavy atom. The Bertz CT molecular complexity index is 632. The van der Waals surface area contributed by atoms with E-state index in [1.165, 1.54) is 0 Å². The Hall–Kier alpha value is -2.57. The number of benzene rings is 2. The van der Waals surface area contributed by atoms with Crippen molar-refractivity contribution in [1.29, 1.82) is 0 Å². The molecule has 0 atom stereocenters. The Kier molecular flexibility index (Phi) is 7.59. The fourth-order valence-corrected chi connectivity index (χ4v) is 1.98. The van der Waals surface area contributed by atoms with Crippen LogP contribution in [0.15, 0.2) is 59.6 Å². The van der Waals surface area contributed by atoms with Crippen molar-refractivity contribution in [1.82, 2.24) is 0 Å². The predicted molar refractivity (Wildman–Crippen MR) is 95.6 cm³/mol. The zero-order valence-corrected chi connectivity index (χ0v) is 13.5. The molecule has 0 spiro atoms. The average molecular weight is 329 g/mol. The van der Waals surface area contributed by atoms with Crippen LogP contribution in [0.5, 0.6) is 11.5 Å². The summed E-state index contributed by atoms with van der Waals surface area (Å²) < 4.78 is 10.9. The largest absolute Gasteiger partial charge is 0.457 e. The van der Waals surface area contributed by atoms with E-state index < -0.39 is 0 Å². The number of guanidine groups is 1. The molecule has 0 fully saturated rings. The second-order valence-corrected chi connectivity index (χ2v) is 5.02. The molecule has 6 heteroatoms. The number of aliphatic imine (C=N–C) groups is 1. The van der Waals surface area contributed by atoms with Gasteiger partial charge >= 0.3 is 0 Å². The molecule has 24 heavy (non-hydrogen) atoms. The lowest BCUT2D eigenvalue weighted by Crippen LogP contribution is -2.23. The van der Waals surface area contributed by atoms with Crippen LogP contribution in [0.1, 0.15) is 6.42 Å². The molecule has 0 heterocycles. The summed E-state index contributed by atoms with van der Waals surface area (Å²) in [5.74, 6) is 1.84. The van der Waals surface area contributed by atoms with Crippen molar-refractivity contribution in [2.45, 2.75) is 6.42 Å². The van der Waals surface area contributed by atoms with Crippen LogP contribution in [-0.4, -0.2) is 37.4 Å². The van der Waals surface area contributed by atoms with Crippen molar-refractivity contribution < 1.29 is 14.6 Å². The van der Waals surface area contributed by atoms with Gasteiger partial charge in [0.15, 0.2) is 5.96 Å². The summed E-state index contributed by atoms with van der Waals surface area (Å²) in [6.07, 6.45) is 0.750. The SMILES string of the molecule is NC(=NCCCOCCO)Nc1cccc(Oc2ccccc2)c1. The van der Waals surface area contributed by atoms with Crippen LogP contribution in [0.4, 0.5) is 5.69 Å². The lowest BCUT2D eigenvalue weighted by atomic mass is 10.3. The summed E-state index contributed by atoms with van der Waals surface area (Å²) in [7, 11) is 0. The molecule has 0 amide bonds. The fraction of sp³-hybridized carbons (Fsp3) is 0.278. The molecule has 0 aliphatic carbocycles. The molecule has 0 unspecified atom stereocenters. The lowest BCUT2D eigenvalue weighted by Gasteiger charge is -2.09. The zero-order valence-electron chi connectivity index (χ0n) is 13.5. The second-order valence-electron chi connectivity index (χ2n) is 5.02. The van der Waals surface area contributed by atoms with Gasteiger partial charge in [0.2, 0.25) is 0 Å². The van der Waals surface area contributed by atoms with Gasteiger partial charge in [-0.25, -0.2) is 0 Å². The number of nitrogens with two attached hydrogens (primary N) is 1. The van der Waals surface area contributed by atoms with Gasteiger partial charge in [-0.15, -0.1) is 0 Å². The minimum atomic E-state index is 0.0361. The summed E-state index contributed by atoms with van der Waals surface area (Å²) in [6.45, 7) is 1.50. The summed E-state index contributed by atoms with van der Waals surface area (Å²) in [5, 5.41) is 11.6. The maximum Gasteiger partial charge on any atom is 0.193 e. The Morgan fingerprint density at radius 3 is 2.62 bits per heavy atom. The van der Waals surface area contributed by atoms with Crippen LogP contribution in [0, 0.1) is 0 Å². The number of nitrogens with zero attached hydrogens (tertiary/aromatic N) is 1. The maximum atomic E-state index is 8.60. The summed E-state index contributed by atoms with van der Waals surface area (Å²) in [4.78, 5) is 4.23. The summed E-state index contributed by atoms with van der Waals surface area (Å²) in [6, 6.07) is 17.1. The van der Waals surface area contributed by atoms with Crippen molar-refractivity contribution in [3.63, 3.8) is 0 Å². The van der Waals surface area contributed by atoms with E-state index in [2.05, 4.69) is 10.3 Å². The molecule has 0 saturated carbocycles. The van der Waals surface area contributed by atoms with Crippen molar-refractivity contribution in [3.8, 4) is 11.5 Å². The number of para-hydroxylation sites is 1. The van der Waals surface area contributed by atoms with E-state index in [-0.39, 0.29) is 6.61 Å². The maximum absolute atomic E-state index is 8.60. The Labute approximate surface area is 141 Å². The van der Waals surface area contributed by atoms with Crippen molar-refractivity contribution in [2.24, 2.45) is 10.7 Å². The smallest absolute Gasteiger partial charge is 0.193 e. The van der Waals surface area contributed by atoms with E-state index in [4.69, 9.17) is 20.3 Å². The molecule has 4 N–H and O–H groups in total. The van der Waals surface area contributed by atoms with Gasteiger partial charge in [-0.3, -0.25) is 4.99 Å². The van der Waals surface area contributed by atoms with Gasteiger partial charge in [-0.05, 0) is 30.7 Å². The number of aliphatic hydroxyl groups excluding tert-OH is 1. The highest BCUT2D eigenvalue weighted by Gasteiger charge is 2.00. The minimum absolute atomic E-state index is 0.0361. The first-order valence-electron chi connectivity index (χ1n) is 7.86. The molecule has 6 nitrogen and oxygen atoms in total. The first-order chi connectivity index (χ1) is 11.8. The highest BCUT2D eigenvalue weighted by molar-refractivity contribution is 5.92. The van der Waals surface area contributed by atoms with Crippen LogP contribution < -0.4 is 15.8 Å². The van der Waals surface area contributed by atoms with Crippen molar-refractivity contribution >= 4 is 11.6 Å². The molecule has 2 aromatic carbocycles. The van der Waals surface area contributed by atoms with Gasteiger partial charge in [-0.1, -0.05) is 24.3 Å². The molecule has 0 radical (unpaired) electrons. The van der Waals surface area contributed by atoms with Crippen LogP contribution in [0.3, 0.4) is 0 Å². The van der Waals surface area contributed by atoms with E-state index in [1.807, 2.05) is 54.6 Å². The predicted octanol–water partition coefficient (Wildman–Crippen LogP) is 2.60. The third-order valence-corrected chi connectivity index (χ3v) is 3.05. The van der Waals surface area contributed by atoms with E-state index in [0.717, 1.165) is 23.6 Å². The summed E-state index contributed by atoms with van der Waals surface area (Å²) >= 11 is 0. The third-order valence-electron chi connectivity index (χ3n) is 3.05. The number of nitrogens with one attached hydrogen (secondary N) is 1. The number of hydrogen-bond acceptors (Lipinski definition) is 4. The number of ether oxygens (including phenoxy) is 2. The molecule has 2 aromatic rings. The molecule has 0 bridgehead atoms. The minimum Gasteiger partial charge on any atom is -0.457 e. The molecular formula is C18H23N3O3. The highest BCUT2D eigenvalue weighted by atomic mass is 16.5. The van der Waals surface area contributed by atoms with Crippen LogP contribution in [-0.2, 0) is 4.74 Å². The monoisotopic (exact) mass is 329 g/mol. The number of rotatable bonds is 9. The third kappa shape index (κ3) is 6.68.